The Morgan fingerprint density at radius 1 is 1.59 bits per heavy atom. The normalized spacial score (nSPS) is 24.9. The highest BCUT2D eigenvalue weighted by molar-refractivity contribution is 7.10. The van der Waals surface area contributed by atoms with E-state index in [-0.39, 0.29) is 11.9 Å². The SMILES string of the molecule is CCC1NC(c2cccs2)N(CC(F)F)C1=O. The predicted octanol–water partition coefficient (Wildman–Crippen LogP) is 2.22. The molecule has 0 spiro atoms. The van der Waals surface area contributed by atoms with Gasteiger partial charge in [-0.05, 0) is 17.9 Å². The van der Waals surface area contributed by atoms with Crippen LogP contribution in [-0.4, -0.2) is 29.8 Å². The van der Waals surface area contributed by atoms with Crippen LogP contribution in [0.25, 0.3) is 0 Å². The molecular formula is C11H14F2N2OS. The molecule has 2 unspecified atom stereocenters. The van der Waals surface area contributed by atoms with E-state index in [1.165, 1.54) is 16.2 Å². The molecule has 0 saturated carbocycles. The van der Waals surface area contributed by atoms with Crippen molar-refractivity contribution in [1.82, 2.24) is 10.2 Å². The molecule has 1 aromatic rings. The van der Waals surface area contributed by atoms with Gasteiger partial charge in [0, 0.05) is 4.88 Å². The standard InChI is InChI=1S/C11H14F2N2OS/c1-2-7-11(16)15(6-9(12)13)10(14-7)8-4-3-5-17-8/h3-5,7,9-10,14H,2,6H2,1H3. The lowest BCUT2D eigenvalue weighted by atomic mass is 10.2. The van der Waals surface area contributed by atoms with Crippen molar-refractivity contribution in [3.63, 3.8) is 0 Å². The van der Waals surface area contributed by atoms with Crippen LogP contribution in [0.15, 0.2) is 17.5 Å². The molecule has 1 N–H and O–H groups in total. The molecule has 2 rings (SSSR count). The zero-order chi connectivity index (χ0) is 12.4. The molecule has 94 valence electrons. The molecule has 1 fully saturated rings. The number of carbonyl (C=O) groups is 1. The quantitative estimate of drug-likeness (QED) is 0.900. The number of rotatable bonds is 4. The van der Waals surface area contributed by atoms with Crippen LogP contribution in [0.1, 0.15) is 24.4 Å². The predicted molar refractivity (Wildman–Crippen MR) is 62.0 cm³/mol. The second kappa shape index (κ2) is 5.10. The zero-order valence-electron chi connectivity index (χ0n) is 9.40. The van der Waals surface area contributed by atoms with E-state index >= 15 is 0 Å². The lowest BCUT2D eigenvalue weighted by molar-refractivity contribution is -0.132. The van der Waals surface area contributed by atoms with Gasteiger partial charge in [-0.2, -0.15) is 0 Å². The second-order valence-corrected chi connectivity index (χ2v) is 4.91. The van der Waals surface area contributed by atoms with E-state index in [2.05, 4.69) is 5.32 Å². The number of carbonyl (C=O) groups excluding carboxylic acids is 1. The van der Waals surface area contributed by atoms with Gasteiger partial charge >= 0.3 is 0 Å². The van der Waals surface area contributed by atoms with Crippen LogP contribution in [0.3, 0.4) is 0 Å². The lowest BCUT2D eigenvalue weighted by Gasteiger charge is -2.22. The minimum Gasteiger partial charge on any atom is -0.315 e. The Hall–Kier alpha value is -1.01. The number of halogens is 2. The van der Waals surface area contributed by atoms with Gasteiger partial charge in [-0.1, -0.05) is 13.0 Å². The van der Waals surface area contributed by atoms with Crippen LogP contribution in [0.5, 0.6) is 0 Å². The summed E-state index contributed by atoms with van der Waals surface area (Å²) in [6.07, 6.45) is -2.29. The fourth-order valence-corrected chi connectivity index (χ4v) is 2.79. The smallest absolute Gasteiger partial charge is 0.255 e. The summed E-state index contributed by atoms with van der Waals surface area (Å²) >= 11 is 1.46. The molecule has 0 bridgehead atoms. The molecule has 1 aliphatic rings. The number of alkyl halides is 2. The maximum atomic E-state index is 12.5. The minimum atomic E-state index is -2.50. The van der Waals surface area contributed by atoms with E-state index < -0.39 is 19.1 Å². The summed E-state index contributed by atoms with van der Waals surface area (Å²) in [7, 11) is 0. The number of nitrogens with zero attached hydrogens (tertiary/aromatic N) is 1. The van der Waals surface area contributed by atoms with E-state index in [0.717, 1.165) is 4.88 Å². The number of nitrogens with one attached hydrogen (secondary N) is 1. The van der Waals surface area contributed by atoms with Gasteiger partial charge in [0.15, 0.2) is 0 Å². The van der Waals surface area contributed by atoms with Crippen molar-refractivity contribution in [1.29, 1.82) is 0 Å². The van der Waals surface area contributed by atoms with Crippen molar-refractivity contribution < 1.29 is 13.6 Å². The molecule has 6 heteroatoms. The third kappa shape index (κ3) is 2.47. The van der Waals surface area contributed by atoms with Crippen LogP contribution in [0.2, 0.25) is 0 Å². The van der Waals surface area contributed by atoms with Crippen LogP contribution < -0.4 is 5.32 Å². The average molecular weight is 260 g/mol. The Morgan fingerprint density at radius 2 is 2.35 bits per heavy atom. The number of thiophene rings is 1. The number of hydrogen-bond acceptors (Lipinski definition) is 3. The van der Waals surface area contributed by atoms with Gasteiger partial charge in [-0.25, -0.2) is 8.78 Å². The fraction of sp³-hybridized carbons (Fsp3) is 0.545. The van der Waals surface area contributed by atoms with Gasteiger partial charge in [0.2, 0.25) is 5.91 Å². The van der Waals surface area contributed by atoms with Gasteiger partial charge < -0.3 is 4.90 Å². The van der Waals surface area contributed by atoms with Crippen molar-refractivity contribution in [3.05, 3.63) is 22.4 Å². The monoisotopic (exact) mass is 260 g/mol. The molecule has 0 radical (unpaired) electrons. The van der Waals surface area contributed by atoms with E-state index in [4.69, 9.17) is 0 Å². The summed E-state index contributed by atoms with van der Waals surface area (Å²) < 4.78 is 25.0. The van der Waals surface area contributed by atoms with Gasteiger partial charge in [-0.3, -0.25) is 10.1 Å². The third-order valence-corrected chi connectivity index (χ3v) is 3.73. The van der Waals surface area contributed by atoms with Gasteiger partial charge in [0.1, 0.15) is 6.17 Å². The second-order valence-electron chi connectivity index (χ2n) is 3.93. The molecule has 1 aromatic heterocycles. The molecule has 1 aliphatic heterocycles. The first-order valence-electron chi connectivity index (χ1n) is 5.51. The van der Waals surface area contributed by atoms with Gasteiger partial charge in [0.25, 0.3) is 6.43 Å². The molecule has 1 saturated heterocycles. The summed E-state index contributed by atoms with van der Waals surface area (Å²) in [4.78, 5) is 14.1. The highest BCUT2D eigenvalue weighted by Gasteiger charge is 2.40. The molecule has 2 heterocycles. The summed E-state index contributed by atoms with van der Waals surface area (Å²) in [5.74, 6) is -0.230. The Morgan fingerprint density at radius 3 is 2.88 bits per heavy atom. The highest BCUT2D eigenvalue weighted by Crippen LogP contribution is 2.29. The molecule has 3 nitrogen and oxygen atoms in total. The Balaban J connectivity index is 2.21. The number of hydrogen-bond donors (Lipinski definition) is 1. The van der Waals surface area contributed by atoms with E-state index in [9.17, 15) is 13.6 Å². The van der Waals surface area contributed by atoms with Gasteiger partial charge in [-0.15, -0.1) is 11.3 Å². The molecule has 1 amide bonds. The molecular weight excluding hydrogens is 246 g/mol. The summed E-state index contributed by atoms with van der Waals surface area (Å²) in [5.41, 5.74) is 0. The first-order valence-corrected chi connectivity index (χ1v) is 6.39. The molecule has 0 aromatic carbocycles. The Kier molecular flexibility index (Phi) is 3.73. The largest absolute Gasteiger partial charge is 0.315 e. The Bertz CT molecular complexity index is 383. The van der Waals surface area contributed by atoms with Crippen LogP contribution in [0, 0.1) is 0 Å². The van der Waals surface area contributed by atoms with Gasteiger partial charge in [0.05, 0.1) is 12.6 Å². The maximum Gasteiger partial charge on any atom is 0.255 e. The van der Waals surface area contributed by atoms with Crippen molar-refractivity contribution >= 4 is 17.2 Å². The molecule has 17 heavy (non-hydrogen) atoms. The minimum absolute atomic E-state index is 0.230. The topological polar surface area (TPSA) is 32.3 Å². The van der Waals surface area contributed by atoms with E-state index in [0.29, 0.717) is 6.42 Å². The number of amides is 1. The van der Waals surface area contributed by atoms with Crippen molar-refractivity contribution in [2.75, 3.05) is 6.54 Å². The summed E-state index contributed by atoms with van der Waals surface area (Å²) in [6, 6.07) is 3.36. The lowest BCUT2D eigenvalue weighted by Crippen LogP contribution is -2.34. The zero-order valence-corrected chi connectivity index (χ0v) is 10.2. The first kappa shape index (κ1) is 12.4. The van der Waals surface area contributed by atoms with Crippen molar-refractivity contribution in [2.45, 2.75) is 32.0 Å². The highest BCUT2D eigenvalue weighted by atomic mass is 32.1. The molecule has 0 aliphatic carbocycles. The maximum absolute atomic E-state index is 12.5. The van der Waals surface area contributed by atoms with Crippen LogP contribution in [0.4, 0.5) is 8.78 Å². The van der Waals surface area contributed by atoms with Crippen molar-refractivity contribution in [3.8, 4) is 0 Å². The molecule has 2 atom stereocenters. The summed E-state index contributed by atoms with van der Waals surface area (Å²) in [6.45, 7) is 1.36. The van der Waals surface area contributed by atoms with Crippen molar-refractivity contribution in [2.24, 2.45) is 0 Å². The summed E-state index contributed by atoms with van der Waals surface area (Å²) in [5, 5.41) is 4.98. The Labute approximate surface area is 102 Å². The fourth-order valence-electron chi connectivity index (χ4n) is 2.00. The third-order valence-electron chi connectivity index (χ3n) is 2.81. The first-order chi connectivity index (χ1) is 8.13. The van der Waals surface area contributed by atoms with Crippen LogP contribution >= 0.6 is 11.3 Å². The average Bonchev–Trinajstić information content (AvgIpc) is 2.88. The van der Waals surface area contributed by atoms with E-state index in [1.54, 1.807) is 0 Å². The van der Waals surface area contributed by atoms with Crippen LogP contribution in [-0.2, 0) is 4.79 Å². The van der Waals surface area contributed by atoms with E-state index in [1.807, 2.05) is 24.4 Å².